The lowest BCUT2D eigenvalue weighted by molar-refractivity contribution is -0.120. The maximum absolute atomic E-state index is 11.9. The van der Waals surface area contributed by atoms with Gasteiger partial charge < -0.3 is 21.3 Å². The molecule has 1 rings (SSSR count). The first-order valence-corrected chi connectivity index (χ1v) is 6.97. The van der Waals surface area contributed by atoms with Crippen LogP contribution in [0, 0.1) is 6.92 Å². The van der Waals surface area contributed by atoms with Crippen LogP contribution in [0.15, 0.2) is 18.2 Å². The highest BCUT2D eigenvalue weighted by Gasteiger charge is 2.08. The smallest absolute Gasteiger partial charge is 0.225 e. The summed E-state index contributed by atoms with van der Waals surface area (Å²) < 4.78 is 0. The number of hydrogen-bond donors (Lipinski definition) is 3. The Bertz CT molecular complexity index is 502. The van der Waals surface area contributed by atoms with Crippen molar-refractivity contribution in [2.24, 2.45) is 0 Å². The molecule has 0 fully saturated rings. The van der Waals surface area contributed by atoms with E-state index in [-0.39, 0.29) is 11.8 Å². The maximum atomic E-state index is 11.9. The third kappa shape index (κ3) is 6.27. The monoisotopic (exact) mass is 292 g/mol. The molecule has 0 aliphatic carbocycles. The molecule has 0 saturated heterocycles. The molecule has 0 atom stereocenters. The van der Waals surface area contributed by atoms with E-state index in [0.717, 1.165) is 11.3 Å². The summed E-state index contributed by atoms with van der Waals surface area (Å²) in [5.41, 5.74) is 8.05. The Morgan fingerprint density at radius 1 is 1.19 bits per heavy atom. The number of hydrogen-bond acceptors (Lipinski definition) is 4. The van der Waals surface area contributed by atoms with Crippen molar-refractivity contribution in [3.63, 3.8) is 0 Å². The van der Waals surface area contributed by atoms with Gasteiger partial charge in [-0.05, 0) is 31.7 Å². The molecule has 116 valence electrons. The predicted molar refractivity (Wildman–Crippen MR) is 85.0 cm³/mol. The Kier molecular flexibility index (Phi) is 6.68. The number of carbonyl (C=O) groups excluding carboxylic acids is 2. The topological polar surface area (TPSA) is 87.5 Å². The molecule has 0 aromatic heterocycles. The molecule has 6 heteroatoms. The van der Waals surface area contributed by atoms with E-state index in [1.807, 2.05) is 24.9 Å². The van der Waals surface area contributed by atoms with Gasteiger partial charge in [-0.3, -0.25) is 9.59 Å². The van der Waals surface area contributed by atoms with Crippen LogP contribution in [0.1, 0.15) is 18.4 Å². The lowest BCUT2D eigenvalue weighted by atomic mass is 10.2. The van der Waals surface area contributed by atoms with E-state index in [9.17, 15) is 9.59 Å². The lowest BCUT2D eigenvalue weighted by Gasteiger charge is -2.16. The third-order valence-corrected chi connectivity index (χ3v) is 3.26. The number of amides is 2. The van der Waals surface area contributed by atoms with E-state index >= 15 is 0 Å². The fourth-order valence-electron chi connectivity index (χ4n) is 1.81. The molecule has 4 N–H and O–H groups in total. The number of nitrogens with two attached hydrogens (primary N) is 1. The molecule has 1 aromatic rings. The van der Waals surface area contributed by atoms with Crippen molar-refractivity contribution < 1.29 is 9.59 Å². The zero-order chi connectivity index (χ0) is 15.8. The van der Waals surface area contributed by atoms with Crippen LogP contribution >= 0.6 is 0 Å². The SMILES string of the molecule is CNC(=O)CCN(C)CCC(=O)Nc1cc(N)ccc1C. The standard InChI is InChI=1S/C15H24N4O2/c1-11-4-5-12(16)10-13(11)18-15(21)7-9-19(3)8-6-14(20)17-2/h4-5,10H,6-9,16H2,1-3H3,(H,17,20)(H,18,21). The lowest BCUT2D eigenvalue weighted by Crippen LogP contribution is -2.29. The van der Waals surface area contributed by atoms with Gasteiger partial charge in [0.05, 0.1) is 0 Å². The zero-order valence-corrected chi connectivity index (χ0v) is 12.9. The highest BCUT2D eigenvalue weighted by molar-refractivity contribution is 5.92. The van der Waals surface area contributed by atoms with E-state index in [2.05, 4.69) is 10.6 Å². The summed E-state index contributed by atoms with van der Waals surface area (Å²) in [6, 6.07) is 5.43. The average molecular weight is 292 g/mol. The van der Waals surface area contributed by atoms with Crippen molar-refractivity contribution >= 4 is 23.2 Å². The summed E-state index contributed by atoms with van der Waals surface area (Å²) in [6.07, 6.45) is 0.807. The summed E-state index contributed by atoms with van der Waals surface area (Å²) >= 11 is 0. The number of nitrogens with one attached hydrogen (secondary N) is 2. The molecule has 0 aliphatic heterocycles. The van der Waals surface area contributed by atoms with E-state index in [1.165, 1.54) is 0 Å². The summed E-state index contributed by atoms with van der Waals surface area (Å²) in [5.74, 6) is -0.0582. The molecule has 2 amide bonds. The van der Waals surface area contributed by atoms with Gasteiger partial charge in [0, 0.05) is 44.4 Å². The number of anilines is 2. The van der Waals surface area contributed by atoms with Gasteiger partial charge in [-0.25, -0.2) is 0 Å². The summed E-state index contributed by atoms with van der Waals surface area (Å²) in [4.78, 5) is 25.0. The van der Waals surface area contributed by atoms with Crippen molar-refractivity contribution in [1.82, 2.24) is 10.2 Å². The third-order valence-electron chi connectivity index (χ3n) is 3.26. The Hall–Kier alpha value is -2.08. The van der Waals surface area contributed by atoms with Crippen molar-refractivity contribution in [3.05, 3.63) is 23.8 Å². The maximum Gasteiger partial charge on any atom is 0.225 e. The van der Waals surface area contributed by atoms with Gasteiger partial charge in [0.2, 0.25) is 11.8 Å². The predicted octanol–water partition coefficient (Wildman–Crippen LogP) is 0.974. The van der Waals surface area contributed by atoms with Gasteiger partial charge >= 0.3 is 0 Å². The first-order chi connectivity index (χ1) is 9.92. The Balaban J connectivity index is 2.37. The van der Waals surface area contributed by atoms with Crippen LogP contribution in [0.2, 0.25) is 0 Å². The molecule has 0 saturated carbocycles. The van der Waals surface area contributed by atoms with Crippen LogP contribution < -0.4 is 16.4 Å². The fourth-order valence-corrected chi connectivity index (χ4v) is 1.81. The number of nitrogen functional groups attached to an aromatic ring is 1. The van der Waals surface area contributed by atoms with Gasteiger partial charge in [0.15, 0.2) is 0 Å². The highest BCUT2D eigenvalue weighted by Crippen LogP contribution is 2.18. The van der Waals surface area contributed by atoms with Gasteiger partial charge in [-0.1, -0.05) is 6.07 Å². The van der Waals surface area contributed by atoms with Crippen LogP contribution in [0.4, 0.5) is 11.4 Å². The van der Waals surface area contributed by atoms with Gasteiger partial charge in [0.1, 0.15) is 0 Å². The van der Waals surface area contributed by atoms with Crippen LogP contribution in [0.5, 0.6) is 0 Å². The molecular formula is C15H24N4O2. The summed E-state index contributed by atoms with van der Waals surface area (Å²) in [5, 5.41) is 5.43. The first-order valence-electron chi connectivity index (χ1n) is 6.97. The van der Waals surface area contributed by atoms with Crippen molar-refractivity contribution in [2.45, 2.75) is 19.8 Å². The zero-order valence-electron chi connectivity index (χ0n) is 12.9. The second-order valence-corrected chi connectivity index (χ2v) is 5.10. The molecule has 21 heavy (non-hydrogen) atoms. The van der Waals surface area contributed by atoms with Gasteiger partial charge in [0.25, 0.3) is 0 Å². The number of aryl methyl sites for hydroxylation is 1. The van der Waals surface area contributed by atoms with Gasteiger partial charge in [-0.2, -0.15) is 0 Å². The van der Waals surface area contributed by atoms with Crippen molar-refractivity contribution in [1.29, 1.82) is 0 Å². The quantitative estimate of drug-likeness (QED) is 0.654. The highest BCUT2D eigenvalue weighted by atomic mass is 16.2. The molecule has 0 unspecified atom stereocenters. The van der Waals surface area contributed by atoms with E-state index in [1.54, 1.807) is 19.2 Å². The first kappa shape index (κ1) is 17.0. The van der Waals surface area contributed by atoms with E-state index < -0.39 is 0 Å². The number of benzene rings is 1. The minimum absolute atomic E-state index is 0.00156. The Labute approximate surface area is 125 Å². The van der Waals surface area contributed by atoms with Crippen LogP contribution in [0.25, 0.3) is 0 Å². The molecular weight excluding hydrogens is 268 g/mol. The largest absolute Gasteiger partial charge is 0.399 e. The number of nitrogens with zero attached hydrogens (tertiary/aromatic N) is 1. The van der Waals surface area contributed by atoms with Crippen LogP contribution in [0.3, 0.4) is 0 Å². The summed E-state index contributed by atoms with van der Waals surface area (Å²) in [6.45, 7) is 3.15. The fraction of sp³-hybridized carbons (Fsp3) is 0.467. The van der Waals surface area contributed by atoms with E-state index in [4.69, 9.17) is 5.73 Å². The molecule has 0 heterocycles. The molecule has 6 nitrogen and oxygen atoms in total. The summed E-state index contributed by atoms with van der Waals surface area (Å²) in [7, 11) is 3.51. The average Bonchev–Trinajstić information content (AvgIpc) is 2.46. The second kappa shape index (κ2) is 8.26. The normalized spacial score (nSPS) is 10.5. The van der Waals surface area contributed by atoms with Crippen molar-refractivity contribution in [3.8, 4) is 0 Å². The molecule has 0 spiro atoms. The van der Waals surface area contributed by atoms with Crippen LogP contribution in [-0.4, -0.2) is 43.9 Å². The minimum atomic E-state index is -0.0597. The minimum Gasteiger partial charge on any atom is -0.399 e. The number of rotatable bonds is 7. The Morgan fingerprint density at radius 3 is 2.43 bits per heavy atom. The van der Waals surface area contributed by atoms with Gasteiger partial charge in [-0.15, -0.1) is 0 Å². The van der Waals surface area contributed by atoms with Crippen LogP contribution in [-0.2, 0) is 9.59 Å². The molecule has 0 bridgehead atoms. The second-order valence-electron chi connectivity index (χ2n) is 5.10. The molecule has 1 aromatic carbocycles. The molecule has 0 aliphatic rings. The molecule has 0 radical (unpaired) electrons. The number of carbonyl (C=O) groups is 2. The van der Waals surface area contributed by atoms with Crippen molar-refractivity contribution in [2.75, 3.05) is 38.2 Å². The Morgan fingerprint density at radius 2 is 1.81 bits per heavy atom. The van der Waals surface area contributed by atoms with E-state index in [0.29, 0.717) is 31.6 Å².